The lowest BCUT2D eigenvalue weighted by Gasteiger charge is -2.32. The number of hydrogen-bond donors (Lipinski definition) is 1. The lowest BCUT2D eigenvalue weighted by molar-refractivity contribution is -0.137. The molecule has 2 unspecified atom stereocenters. The lowest BCUT2D eigenvalue weighted by atomic mass is 9.96. The number of aliphatic imine (C=N–C) groups is 1. The number of amides is 2. The summed E-state index contributed by atoms with van der Waals surface area (Å²) in [7, 11) is 0. The van der Waals surface area contributed by atoms with E-state index in [0.29, 0.717) is 49.6 Å². The number of likely N-dealkylation sites (tertiary alicyclic amines) is 1. The van der Waals surface area contributed by atoms with Crippen LogP contribution in [0.4, 0.5) is 18.0 Å². The summed E-state index contributed by atoms with van der Waals surface area (Å²) in [4.78, 5) is 23.5. The molecule has 4 aliphatic rings. The Morgan fingerprint density at radius 1 is 1.24 bits per heavy atom. The van der Waals surface area contributed by atoms with Crippen LogP contribution in [0.2, 0.25) is 5.02 Å². The molecule has 4 heterocycles. The van der Waals surface area contributed by atoms with Gasteiger partial charge in [0, 0.05) is 51.0 Å². The molecule has 0 aliphatic carbocycles. The summed E-state index contributed by atoms with van der Waals surface area (Å²) in [5.41, 5.74) is -0.266. The van der Waals surface area contributed by atoms with Gasteiger partial charge in [-0.15, -0.1) is 0 Å². The zero-order valence-electron chi connectivity index (χ0n) is 18.8. The van der Waals surface area contributed by atoms with Crippen molar-refractivity contribution in [3.63, 3.8) is 0 Å². The van der Waals surface area contributed by atoms with Gasteiger partial charge in [0.2, 0.25) is 0 Å². The zero-order valence-corrected chi connectivity index (χ0v) is 19.6. The first-order valence-electron chi connectivity index (χ1n) is 11.5. The summed E-state index contributed by atoms with van der Waals surface area (Å²) in [5, 5.41) is 2.66. The Bertz CT molecular complexity index is 1020. The average molecular weight is 498 g/mol. The molecule has 1 N–H and O–H groups in total. The number of hydrogen-bond acceptors (Lipinski definition) is 5. The molecule has 34 heavy (non-hydrogen) atoms. The van der Waals surface area contributed by atoms with E-state index in [1.165, 1.54) is 6.07 Å². The maximum atomic E-state index is 13.2. The van der Waals surface area contributed by atoms with E-state index in [9.17, 15) is 18.0 Å². The van der Waals surface area contributed by atoms with Crippen LogP contribution in [-0.4, -0.2) is 65.6 Å². The molecule has 0 bridgehead atoms. The first-order chi connectivity index (χ1) is 16.2. The van der Waals surface area contributed by atoms with Crippen LogP contribution in [0.25, 0.3) is 0 Å². The molecule has 2 atom stereocenters. The number of carbonyl (C=O) groups excluding carboxylic acids is 1. The second-order valence-corrected chi connectivity index (χ2v) is 9.84. The first-order valence-corrected chi connectivity index (χ1v) is 11.9. The third-order valence-electron chi connectivity index (χ3n) is 7.02. The maximum absolute atomic E-state index is 13.2. The molecule has 4 aliphatic heterocycles. The second-order valence-electron chi connectivity index (χ2n) is 9.43. The lowest BCUT2D eigenvalue weighted by Crippen LogP contribution is -2.50. The highest BCUT2D eigenvalue weighted by molar-refractivity contribution is 6.31. The predicted molar refractivity (Wildman–Crippen MR) is 121 cm³/mol. The maximum Gasteiger partial charge on any atom is 0.417 e. The fourth-order valence-electron chi connectivity index (χ4n) is 5.19. The normalized spacial score (nSPS) is 26.4. The van der Waals surface area contributed by atoms with E-state index >= 15 is 0 Å². The number of ether oxygens (including phenoxy) is 1. The van der Waals surface area contributed by atoms with Crippen molar-refractivity contribution in [2.45, 2.75) is 38.5 Å². The molecule has 2 saturated heterocycles. The van der Waals surface area contributed by atoms with Gasteiger partial charge in [0.05, 0.1) is 10.6 Å². The number of benzene rings is 1. The predicted octanol–water partition coefficient (Wildman–Crippen LogP) is 4.10. The van der Waals surface area contributed by atoms with Crippen LogP contribution >= 0.6 is 11.6 Å². The van der Waals surface area contributed by atoms with Crippen LogP contribution in [-0.2, 0) is 17.5 Å². The summed E-state index contributed by atoms with van der Waals surface area (Å²) >= 11 is 5.75. The summed E-state index contributed by atoms with van der Waals surface area (Å²) in [6.45, 7) is 5.66. The Morgan fingerprint density at radius 2 is 2.00 bits per heavy atom. The van der Waals surface area contributed by atoms with Crippen molar-refractivity contribution >= 4 is 23.5 Å². The van der Waals surface area contributed by atoms with E-state index in [2.05, 4.69) is 22.0 Å². The van der Waals surface area contributed by atoms with Crippen LogP contribution in [0.5, 0.6) is 0 Å². The third-order valence-corrected chi connectivity index (χ3v) is 7.35. The molecular weight excluding hydrogens is 471 g/mol. The molecule has 0 radical (unpaired) electrons. The Kier molecular flexibility index (Phi) is 6.24. The molecule has 11 heteroatoms. The largest absolute Gasteiger partial charge is 0.417 e. The summed E-state index contributed by atoms with van der Waals surface area (Å²) < 4.78 is 45.1. The van der Waals surface area contributed by atoms with E-state index in [0.717, 1.165) is 32.1 Å². The molecule has 1 aromatic carbocycles. The first kappa shape index (κ1) is 23.4. The van der Waals surface area contributed by atoms with Gasteiger partial charge >= 0.3 is 12.2 Å². The van der Waals surface area contributed by atoms with Crippen LogP contribution in [0.3, 0.4) is 0 Å². The topological polar surface area (TPSA) is 60.4 Å². The Balaban J connectivity index is 1.29. The molecule has 1 aromatic rings. The number of fused-ring (bicyclic) bond motifs is 1. The summed E-state index contributed by atoms with van der Waals surface area (Å²) in [6.07, 6.45) is -0.691. The van der Waals surface area contributed by atoms with E-state index in [-0.39, 0.29) is 22.9 Å². The number of urea groups is 1. The summed E-state index contributed by atoms with van der Waals surface area (Å²) in [6, 6.07) is 4.19. The van der Waals surface area contributed by atoms with Crippen molar-refractivity contribution in [3.8, 4) is 0 Å². The number of nitrogens with zero attached hydrogens (tertiary/aromatic N) is 4. The van der Waals surface area contributed by atoms with Gasteiger partial charge in [-0.2, -0.15) is 13.2 Å². The van der Waals surface area contributed by atoms with Crippen molar-refractivity contribution in [2.75, 3.05) is 33.0 Å². The van der Waals surface area contributed by atoms with Gasteiger partial charge in [0.25, 0.3) is 0 Å². The van der Waals surface area contributed by atoms with Crippen molar-refractivity contribution in [1.82, 2.24) is 20.0 Å². The van der Waals surface area contributed by atoms with Gasteiger partial charge < -0.3 is 9.64 Å². The van der Waals surface area contributed by atoms with E-state index in [1.54, 1.807) is 11.0 Å². The minimum Gasteiger partial charge on any atom is -0.381 e. The molecule has 0 aromatic heterocycles. The van der Waals surface area contributed by atoms with Gasteiger partial charge in [-0.1, -0.05) is 24.6 Å². The van der Waals surface area contributed by atoms with Crippen LogP contribution < -0.4 is 5.32 Å². The number of alkyl halides is 3. The van der Waals surface area contributed by atoms with E-state index in [4.69, 9.17) is 21.3 Å². The Hall–Kier alpha value is -2.30. The monoisotopic (exact) mass is 497 g/mol. The number of amidine groups is 1. The molecule has 0 spiro atoms. The van der Waals surface area contributed by atoms with Crippen molar-refractivity contribution < 1.29 is 22.7 Å². The molecule has 7 nitrogen and oxygen atoms in total. The Morgan fingerprint density at radius 3 is 2.74 bits per heavy atom. The minimum atomic E-state index is -4.49. The Labute approximate surface area is 201 Å². The van der Waals surface area contributed by atoms with E-state index < -0.39 is 11.7 Å². The average Bonchev–Trinajstić information content (AvgIpc) is 3.38. The third kappa shape index (κ3) is 4.63. The molecule has 184 valence electrons. The zero-order chi connectivity index (χ0) is 24.0. The van der Waals surface area contributed by atoms with Gasteiger partial charge in [0.15, 0.2) is 5.82 Å². The van der Waals surface area contributed by atoms with Gasteiger partial charge in [-0.25, -0.2) is 9.79 Å². The molecular formula is C23H27ClF3N5O2. The summed E-state index contributed by atoms with van der Waals surface area (Å²) in [5.74, 6) is 1.44. The minimum absolute atomic E-state index is 0.0153. The SMILES string of the molecule is CC1CN(Cc2ccc(Cl)c(C(F)(F)F)c2)CC1C1=NC2=CN(C3CCOCC3)CN2C(=O)N1. The van der Waals surface area contributed by atoms with Crippen LogP contribution in [0, 0.1) is 11.8 Å². The highest BCUT2D eigenvalue weighted by Crippen LogP contribution is 2.36. The van der Waals surface area contributed by atoms with Gasteiger partial charge in [-0.05, 0) is 36.5 Å². The molecule has 5 rings (SSSR count). The van der Waals surface area contributed by atoms with Crippen LogP contribution in [0.1, 0.15) is 30.9 Å². The fourth-order valence-corrected chi connectivity index (χ4v) is 5.42. The number of halogens is 4. The number of carbonyl (C=O) groups is 1. The fraction of sp³-hybridized carbons (Fsp3) is 0.565. The quantitative estimate of drug-likeness (QED) is 0.680. The highest BCUT2D eigenvalue weighted by atomic mass is 35.5. The van der Waals surface area contributed by atoms with Crippen molar-refractivity contribution in [2.24, 2.45) is 16.8 Å². The van der Waals surface area contributed by atoms with Gasteiger partial charge in [-0.3, -0.25) is 15.1 Å². The van der Waals surface area contributed by atoms with Crippen LogP contribution in [0.15, 0.2) is 35.2 Å². The standard InChI is InChI=1S/C23H27ClF3N5O2/c1-14-9-30(10-15-2-3-19(24)18(8-15)23(25,26)27)11-17(14)21-28-20-12-31(13-32(20)22(33)29-21)16-4-6-34-7-5-16/h2-3,8,12,14,16-17H,4-7,9-11,13H2,1H3,(H,28,29,33). The van der Waals surface area contributed by atoms with Crippen molar-refractivity contribution in [3.05, 3.63) is 46.4 Å². The molecule has 2 fully saturated rings. The molecule has 2 amide bonds. The van der Waals surface area contributed by atoms with Crippen molar-refractivity contribution in [1.29, 1.82) is 0 Å². The molecule has 0 saturated carbocycles. The smallest absolute Gasteiger partial charge is 0.381 e. The number of rotatable bonds is 4. The number of nitrogens with one attached hydrogen (secondary N) is 1. The highest BCUT2D eigenvalue weighted by Gasteiger charge is 2.40. The van der Waals surface area contributed by atoms with Gasteiger partial charge in [0.1, 0.15) is 12.5 Å². The van der Waals surface area contributed by atoms with E-state index in [1.807, 2.05) is 6.20 Å². The second kappa shape index (κ2) is 9.05.